The van der Waals surface area contributed by atoms with Crippen molar-refractivity contribution in [3.63, 3.8) is 0 Å². The van der Waals surface area contributed by atoms with Crippen molar-refractivity contribution in [2.75, 3.05) is 18.5 Å². The number of benzene rings is 2. The Morgan fingerprint density at radius 1 is 1.16 bits per heavy atom. The minimum Gasteiger partial charge on any atom is -0.487 e. The molecule has 2 nitrogen and oxygen atoms in total. The summed E-state index contributed by atoms with van der Waals surface area (Å²) in [5.74, 6) is -0.355. The summed E-state index contributed by atoms with van der Waals surface area (Å²) in [6.07, 6.45) is 0. The molecule has 0 saturated heterocycles. The third-order valence-electron chi connectivity index (χ3n) is 2.46. The highest BCUT2D eigenvalue weighted by Gasteiger charge is 2.07. The zero-order valence-corrected chi connectivity index (χ0v) is 12.3. The summed E-state index contributed by atoms with van der Waals surface area (Å²) in [6, 6.07) is 12.2. The molecule has 2 aromatic rings. The summed E-state index contributed by atoms with van der Waals surface area (Å²) in [5, 5.41) is 3.46. The average molecular weight is 345 g/mol. The van der Waals surface area contributed by atoms with Gasteiger partial charge in [0.25, 0.3) is 0 Å². The Bertz CT molecular complexity index is 545. The molecule has 0 aliphatic heterocycles. The Morgan fingerprint density at radius 3 is 2.68 bits per heavy atom. The largest absolute Gasteiger partial charge is 0.487 e. The summed E-state index contributed by atoms with van der Waals surface area (Å²) in [5.41, 5.74) is 0.964. The van der Waals surface area contributed by atoms with Gasteiger partial charge in [0.05, 0.1) is 5.02 Å². The first-order valence-electron chi connectivity index (χ1n) is 5.73. The molecule has 1 N–H and O–H groups in total. The van der Waals surface area contributed by atoms with Crippen LogP contribution in [0.25, 0.3) is 0 Å². The van der Waals surface area contributed by atoms with E-state index in [-0.39, 0.29) is 10.8 Å². The summed E-state index contributed by atoms with van der Waals surface area (Å²) < 4.78 is 19.7. The number of anilines is 1. The van der Waals surface area contributed by atoms with E-state index in [1.54, 1.807) is 12.1 Å². The van der Waals surface area contributed by atoms with Crippen LogP contribution >= 0.6 is 27.5 Å². The molecular formula is C14H12BrClFNO. The molecule has 0 radical (unpaired) electrons. The van der Waals surface area contributed by atoms with Crippen LogP contribution in [0.5, 0.6) is 5.75 Å². The number of halogens is 3. The zero-order chi connectivity index (χ0) is 13.7. The van der Waals surface area contributed by atoms with Crippen LogP contribution in [0.2, 0.25) is 5.02 Å². The van der Waals surface area contributed by atoms with Crippen molar-refractivity contribution in [1.82, 2.24) is 0 Å². The van der Waals surface area contributed by atoms with Crippen molar-refractivity contribution in [3.8, 4) is 5.75 Å². The minimum absolute atomic E-state index is 0.0955. The lowest BCUT2D eigenvalue weighted by atomic mass is 10.3. The lowest BCUT2D eigenvalue weighted by Gasteiger charge is -2.11. The van der Waals surface area contributed by atoms with E-state index in [2.05, 4.69) is 21.2 Å². The van der Waals surface area contributed by atoms with Gasteiger partial charge in [0, 0.05) is 16.7 Å². The summed E-state index contributed by atoms with van der Waals surface area (Å²) in [7, 11) is 0. The second kappa shape index (κ2) is 6.78. The molecule has 2 rings (SSSR count). The van der Waals surface area contributed by atoms with Gasteiger partial charge in [-0.25, -0.2) is 4.39 Å². The Balaban J connectivity index is 1.86. The third-order valence-corrected chi connectivity index (χ3v) is 3.45. The highest BCUT2D eigenvalue weighted by molar-refractivity contribution is 9.10. The predicted octanol–water partition coefficient (Wildman–Crippen LogP) is 4.73. The molecule has 0 aliphatic rings. The van der Waals surface area contributed by atoms with Gasteiger partial charge in [-0.15, -0.1) is 0 Å². The van der Waals surface area contributed by atoms with Crippen molar-refractivity contribution < 1.29 is 9.13 Å². The van der Waals surface area contributed by atoms with E-state index < -0.39 is 5.82 Å². The number of nitrogens with one attached hydrogen (secondary N) is 1. The normalized spacial score (nSPS) is 10.3. The summed E-state index contributed by atoms with van der Waals surface area (Å²) in [4.78, 5) is 0. The molecular weight excluding hydrogens is 333 g/mol. The maximum Gasteiger partial charge on any atom is 0.173 e. The molecule has 0 saturated carbocycles. The number of hydrogen-bond acceptors (Lipinski definition) is 2. The van der Waals surface area contributed by atoms with E-state index in [0.29, 0.717) is 13.2 Å². The van der Waals surface area contributed by atoms with Gasteiger partial charge >= 0.3 is 0 Å². The molecule has 0 spiro atoms. The van der Waals surface area contributed by atoms with Gasteiger partial charge in [-0.05, 0) is 40.2 Å². The van der Waals surface area contributed by atoms with Gasteiger partial charge in [-0.2, -0.15) is 0 Å². The second-order valence-corrected chi connectivity index (χ2v) is 5.07. The van der Waals surface area contributed by atoms with Gasteiger partial charge in [0.2, 0.25) is 0 Å². The maximum atomic E-state index is 13.4. The van der Waals surface area contributed by atoms with Crippen LogP contribution in [0.1, 0.15) is 0 Å². The highest BCUT2D eigenvalue weighted by Crippen LogP contribution is 2.27. The van der Waals surface area contributed by atoms with Crippen molar-refractivity contribution >= 4 is 33.2 Å². The van der Waals surface area contributed by atoms with Crippen LogP contribution in [-0.4, -0.2) is 13.2 Å². The Morgan fingerprint density at radius 2 is 1.95 bits per heavy atom. The zero-order valence-electron chi connectivity index (χ0n) is 10.00. The van der Waals surface area contributed by atoms with Gasteiger partial charge in [0.15, 0.2) is 11.6 Å². The molecule has 100 valence electrons. The standard InChI is InChI=1S/C14H12BrClFNO/c15-10-4-1-2-7-13(10)18-8-9-19-14-11(16)5-3-6-12(14)17/h1-7,18H,8-9H2. The number of ether oxygens (including phenoxy) is 1. The monoisotopic (exact) mass is 343 g/mol. The van der Waals surface area contributed by atoms with Crippen molar-refractivity contribution in [2.45, 2.75) is 0 Å². The second-order valence-electron chi connectivity index (χ2n) is 3.81. The molecule has 0 fully saturated rings. The van der Waals surface area contributed by atoms with Gasteiger partial charge in [0.1, 0.15) is 6.61 Å². The fourth-order valence-electron chi connectivity index (χ4n) is 1.56. The lowest BCUT2D eigenvalue weighted by Crippen LogP contribution is -2.12. The lowest BCUT2D eigenvalue weighted by molar-refractivity contribution is 0.315. The average Bonchev–Trinajstić information content (AvgIpc) is 2.39. The molecule has 0 aliphatic carbocycles. The Hall–Kier alpha value is -1.26. The molecule has 0 atom stereocenters. The SMILES string of the molecule is Fc1cccc(Cl)c1OCCNc1ccccc1Br. The smallest absolute Gasteiger partial charge is 0.173 e. The third kappa shape index (κ3) is 3.85. The molecule has 0 amide bonds. The van der Waals surface area contributed by atoms with Crippen molar-refractivity contribution in [2.24, 2.45) is 0 Å². The molecule has 0 heterocycles. The fourth-order valence-corrected chi connectivity index (χ4v) is 2.21. The highest BCUT2D eigenvalue weighted by atomic mass is 79.9. The van der Waals surface area contributed by atoms with Crippen LogP contribution in [0, 0.1) is 5.82 Å². The van der Waals surface area contributed by atoms with Gasteiger partial charge < -0.3 is 10.1 Å². The Kier molecular flexibility index (Phi) is 5.05. The van der Waals surface area contributed by atoms with Crippen LogP contribution in [0.3, 0.4) is 0 Å². The van der Waals surface area contributed by atoms with Gasteiger partial charge in [-0.3, -0.25) is 0 Å². The molecule has 0 bridgehead atoms. The van der Waals surface area contributed by atoms with E-state index >= 15 is 0 Å². The van der Waals surface area contributed by atoms with Crippen LogP contribution in [0.15, 0.2) is 46.9 Å². The van der Waals surface area contributed by atoms with Crippen LogP contribution in [0.4, 0.5) is 10.1 Å². The maximum absolute atomic E-state index is 13.4. The summed E-state index contributed by atoms with van der Waals surface area (Å²) in [6.45, 7) is 0.870. The number of hydrogen-bond donors (Lipinski definition) is 1. The molecule has 2 aromatic carbocycles. The molecule has 0 unspecified atom stereocenters. The molecule has 5 heteroatoms. The number of para-hydroxylation sites is 2. The summed E-state index contributed by atoms with van der Waals surface area (Å²) >= 11 is 9.29. The van der Waals surface area contributed by atoms with Crippen molar-refractivity contribution in [3.05, 3.63) is 57.8 Å². The van der Waals surface area contributed by atoms with E-state index in [1.807, 2.05) is 24.3 Å². The minimum atomic E-state index is -0.451. The first kappa shape index (κ1) is 14.2. The fraction of sp³-hybridized carbons (Fsp3) is 0.143. The Labute approximate surface area is 124 Å². The van der Waals surface area contributed by atoms with Crippen LogP contribution < -0.4 is 10.1 Å². The first-order valence-corrected chi connectivity index (χ1v) is 6.91. The predicted molar refractivity (Wildman–Crippen MR) is 79.5 cm³/mol. The van der Waals surface area contributed by atoms with Gasteiger partial charge in [-0.1, -0.05) is 29.8 Å². The van der Waals surface area contributed by atoms with E-state index in [0.717, 1.165) is 10.2 Å². The topological polar surface area (TPSA) is 21.3 Å². The van der Waals surface area contributed by atoms with E-state index in [9.17, 15) is 4.39 Å². The van der Waals surface area contributed by atoms with E-state index in [1.165, 1.54) is 6.07 Å². The van der Waals surface area contributed by atoms with Crippen molar-refractivity contribution in [1.29, 1.82) is 0 Å². The quantitative estimate of drug-likeness (QED) is 0.792. The number of rotatable bonds is 5. The van der Waals surface area contributed by atoms with E-state index in [4.69, 9.17) is 16.3 Å². The van der Waals surface area contributed by atoms with Crippen LogP contribution in [-0.2, 0) is 0 Å². The molecule has 19 heavy (non-hydrogen) atoms. The first-order chi connectivity index (χ1) is 9.18. The molecule has 0 aromatic heterocycles.